The lowest BCUT2D eigenvalue weighted by Gasteiger charge is -2.34. The van der Waals surface area contributed by atoms with Crippen LogP contribution < -0.4 is 10.6 Å². The number of rotatable bonds is 7. The van der Waals surface area contributed by atoms with Crippen molar-refractivity contribution in [2.24, 2.45) is 11.8 Å². The molecule has 0 bridgehead atoms. The standard InChI is InChI=1S/C21H36N4O3/c1-3-17(4-2)25-14-16(11-19(25)26)21(28)24-10-6-7-15(13-24)12-23-20(27)18-8-5-9-22-18/h15-18,22H,3-14H2,1-2H3,(H,23,27). The fraction of sp³-hybridized carbons (Fsp3) is 0.857. The number of hydrogen-bond donors (Lipinski definition) is 2. The first-order chi connectivity index (χ1) is 13.5. The smallest absolute Gasteiger partial charge is 0.237 e. The molecule has 3 amide bonds. The molecule has 0 aromatic rings. The molecule has 0 saturated carbocycles. The highest BCUT2D eigenvalue weighted by Crippen LogP contribution is 2.26. The minimum Gasteiger partial charge on any atom is -0.354 e. The summed E-state index contributed by atoms with van der Waals surface area (Å²) in [7, 11) is 0. The van der Waals surface area contributed by atoms with Crippen LogP contribution in [0.1, 0.15) is 58.8 Å². The van der Waals surface area contributed by atoms with Gasteiger partial charge in [0.25, 0.3) is 0 Å². The van der Waals surface area contributed by atoms with Crippen molar-refractivity contribution in [2.75, 3.05) is 32.7 Å². The number of nitrogens with one attached hydrogen (secondary N) is 2. The Morgan fingerprint density at radius 1 is 1.18 bits per heavy atom. The first kappa shape index (κ1) is 21.1. The van der Waals surface area contributed by atoms with Crippen LogP contribution in [0.5, 0.6) is 0 Å². The summed E-state index contributed by atoms with van der Waals surface area (Å²) in [6.45, 7) is 7.76. The highest BCUT2D eigenvalue weighted by molar-refractivity contribution is 5.89. The molecule has 3 fully saturated rings. The van der Waals surface area contributed by atoms with Crippen molar-refractivity contribution >= 4 is 17.7 Å². The molecule has 3 atom stereocenters. The quantitative estimate of drug-likeness (QED) is 0.681. The average Bonchev–Trinajstić information content (AvgIpc) is 3.37. The summed E-state index contributed by atoms with van der Waals surface area (Å²) in [5.74, 6) is 0.426. The molecule has 0 aromatic carbocycles. The third-order valence-corrected chi connectivity index (χ3v) is 6.66. The summed E-state index contributed by atoms with van der Waals surface area (Å²) in [4.78, 5) is 41.5. The third kappa shape index (κ3) is 4.85. The van der Waals surface area contributed by atoms with Crippen LogP contribution in [0.15, 0.2) is 0 Å². The molecule has 3 unspecified atom stereocenters. The van der Waals surface area contributed by atoms with Crippen molar-refractivity contribution in [2.45, 2.75) is 70.9 Å². The van der Waals surface area contributed by atoms with Gasteiger partial charge in [-0.1, -0.05) is 13.8 Å². The third-order valence-electron chi connectivity index (χ3n) is 6.66. The molecule has 0 aliphatic carbocycles. The van der Waals surface area contributed by atoms with Crippen molar-refractivity contribution < 1.29 is 14.4 Å². The average molecular weight is 393 g/mol. The van der Waals surface area contributed by atoms with Gasteiger partial charge >= 0.3 is 0 Å². The van der Waals surface area contributed by atoms with Crippen LogP contribution in [-0.2, 0) is 14.4 Å². The Morgan fingerprint density at radius 2 is 1.96 bits per heavy atom. The zero-order valence-electron chi connectivity index (χ0n) is 17.4. The minimum atomic E-state index is -0.205. The van der Waals surface area contributed by atoms with Gasteiger partial charge in [-0.3, -0.25) is 14.4 Å². The Kier molecular flexibility index (Phi) is 7.32. The van der Waals surface area contributed by atoms with E-state index in [1.165, 1.54) is 0 Å². The maximum absolute atomic E-state index is 13.0. The van der Waals surface area contributed by atoms with E-state index in [1.54, 1.807) is 0 Å². The van der Waals surface area contributed by atoms with E-state index < -0.39 is 0 Å². The summed E-state index contributed by atoms with van der Waals surface area (Å²) in [6.07, 6.45) is 6.17. The Morgan fingerprint density at radius 3 is 2.64 bits per heavy atom. The number of carbonyl (C=O) groups excluding carboxylic acids is 3. The predicted octanol–water partition coefficient (Wildman–Crippen LogP) is 1.13. The number of hydrogen-bond acceptors (Lipinski definition) is 4. The van der Waals surface area contributed by atoms with Crippen LogP contribution in [0.3, 0.4) is 0 Å². The SMILES string of the molecule is CCC(CC)N1CC(C(=O)N2CCCC(CNC(=O)C3CCCN3)C2)CC1=O. The molecule has 3 aliphatic rings. The molecule has 158 valence electrons. The fourth-order valence-electron chi connectivity index (χ4n) is 4.95. The molecule has 0 spiro atoms. The van der Waals surface area contributed by atoms with E-state index in [2.05, 4.69) is 24.5 Å². The van der Waals surface area contributed by atoms with Crippen LogP contribution in [0.2, 0.25) is 0 Å². The van der Waals surface area contributed by atoms with Crippen molar-refractivity contribution in [3.05, 3.63) is 0 Å². The fourth-order valence-corrected chi connectivity index (χ4v) is 4.95. The topological polar surface area (TPSA) is 81.8 Å². The highest BCUT2D eigenvalue weighted by atomic mass is 16.2. The molecule has 3 heterocycles. The van der Waals surface area contributed by atoms with Gasteiger partial charge in [-0.15, -0.1) is 0 Å². The van der Waals surface area contributed by atoms with Gasteiger partial charge in [0.15, 0.2) is 0 Å². The first-order valence-corrected chi connectivity index (χ1v) is 11.1. The normalized spacial score (nSPS) is 28.2. The first-order valence-electron chi connectivity index (χ1n) is 11.1. The summed E-state index contributed by atoms with van der Waals surface area (Å²) in [5, 5.41) is 6.29. The van der Waals surface area contributed by atoms with Gasteiger partial charge in [-0.25, -0.2) is 0 Å². The summed E-state index contributed by atoms with van der Waals surface area (Å²) < 4.78 is 0. The maximum Gasteiger partial charge on any atom is 0.237 e. The summed E-state index contributed by atoms with van der Waals surface area (Å²) in [6, 6.07) is 0.195. The van der Waals surface area contributed by atoms with Gasteiger partial charge in [0.1, 0.15) is 0 Å². The van der Waals surface area contributed by atoms with Crippen molar-refractivity contribution in [1.82, 2.24) is 20.4 Å². The molecular weight excluding hydrogens is 356 g/mol. The molecule has 3 saturated heterocycles. The Balaban J connectivity index is 1.49. The zero-order valence-corrected chi connectivity index (χ0v) is 17.4. The van der Waals surface area contributed by atoms with E-state index in [4.69, 9.17) is 0 Å². The Labute approximate surface area is 168 Å². The van der Waals surface area contributed by atoms with Crippen LogP contribution >= 0.6 is 0 Å². The van der Waals surface area contributed by atoms with Gasteiger partial charge in [-0.2, -0.15) is 0 Å². The Hall–Kier alpha value is -1.63. The largest absolute Gasteiger partial charge is 0.354 e. The van der Waals surface area contributed by atoms with Gasteiger partial charge in [0.2, 0.25) is 17.7 Å². The van der Waals surface area contributed by atoms with Crippen LogP contribution in [0.4, 0.5) is 0 Å². The van der Waals surface area contributed by atoms with Gasteiger partial charge in [0, 0.05) is 38.6 Å². The van der Waals surface area contributed by atoms with Crippen LogP contribution in [0.25, 0.3) is 0 Å². The van der Waals surface area contributed by atoms with Crippen molar-refractivity contribution in [3.63, 3.8) is 0 Å². The second kappa shape index (κ2) is 9.72. The summed E-state index contributed by atoms with van der Waals surface area (Å²) in [5.41, 5.74) is 0. The number of likely N-dealkylation sites (tertiary alicyclic amines) is 2. The number of piperidine rings is 1. The van der Waals surface area contributed by atoms with Crippen LogP contribution in [-0.4, -0.2) is 72.3 Å². The molecule has 2 N–H and O–H groups in total. The number of nitrogens with zero attached hydrogens (tertiary/aromatic N) is 2. The predicted molar refractivity (Wildman–Crippen MR) is 108 cm³/mol. The van der Waals surface area contributed by atoms with E-state index in [9.17, 15) is 14.4 Å². The van der Waals surface area contributed by atoms with E-state index in [-0.39, 0.29) is 35.7 Å². The maximum atomic E-state index is 13.0. The van der Waals surface area contributed by atoms with Crippen molar-refractivity contribution in [1.29, 1.82) is 0 Å². The van der Waals surface area contributed by atoms with Gasteiger partial charge in [0.05, 0.1) is 12.0 Å². The van der Waals surface area contributed by atoms with E-state index in [0.717, 1.165) is 51.6 Å². The molecule has 0 aromatic heterocycles. The number of carbonyl (C=O) groups is 3. The molecule has 3 rings (SSSR count). The molecular formula is C21H36N4O3. The van der Waals surface area contributed by atoms with E-state index >= 15 is 0 Å². The minimum absolute atomic E-state index is 0.0538. The Bertz CT molecular complexity index is 572. The molecule has 7 heteroatoms. The zero-order chi connectivity index (χ0) is 20.1. The molecule has 7 nitrogen and oxygen atoms in total. The second-order valence-corrected chi connectivity index (χ2v) is 8.60. The van der Waals surface area contributed by atoms with E-state index in [0.29, 0.717) is 32.0 Å². The highest BCUT2D eigenvalue weighted by Gasteiger charge is 2.39. The lowest BCUT2D eigenvalue weighted by Crippen LogP contribution is -2.48. The lowest BCUT2D eigenvalue weighted by atomic mass is 9.96. The molecule has 28 heavy (non-hydrogen) atoms. The lowest BCUT2D eigenvalue weighted by molar-refractivity contribution is -0.137. The second-order valence-electron chi connectivity index (χ2n) is 8.60. The molecule has 3 aliphatic heterocycles. The van der Waals surface area contributed by atoms with E-state index in [1.807, 2.05) is 9.80 Å². The van der Waals surface area contributed by atoms with Gasteiger partial charge in [-0.05, 0) is 51.0 Å². The number of amides is 3. The summed E-state index contributed by atoms with van der Waals surface area (Å²) >= 11 is 0. The van der Waals surface area contributed by atoms with Crippen molar-refractivity contribution in [3.8, 4) is 0 Å². The van der Waals surface area contributed by atoms with Gasteiger partial charge < -0.3 is 20.4 Å². The van der Waals surface area contributed by atoms with Crippen LogP contribution in [0, 0.1) is 11.8 Å². The molecule has 0 radical (unpaired) electrons. The monoisotopic (exact) mass is 392 g/mol.